The molecule has 5 nitrogen and oxygen atoms in total. The predicted octanol–water partition coefficient (Wildman–Crippen LogP) is 1.99. The molecule has 6 heteroatoms. The molecule has 1 amide bonds. The number of halogens is 1. The van der Waals surface area contributed by atoms with E-state index in [0.717, 1.165) is 5.56 Å². The van der Waals surface area contributed by atoms with Gasteiger partial charge in [0.05, 0.1) is 5.52 Å². The lowest BCUT2D eigenvalue weighted by Gasteiger charge is -2.07. The summed E-state index contributed by atoms with van der Waals surface area (Å²) in [5.74, 6) is -0.788. The van der Waals surface area contributed by atoms with Crippen LogP contribution >= 0.6 is 0 Å². The van der Waals surface area contributed by atoms with E-state index in [1.54, 1.807) is 36.4 Å². The molecule has 0 bridgehead atoms. The fourth-order valence-corrected chi connectivity index (χ4v) is 2.14. The Balaban J connectivity index is 1.86. The summed E-state index contributed by atoms with van der Waals surface area (Å²) in [6, 6.07) is 12.8. The first-order valence-corrected chi connectivity index (χ1v) is 6.65. The number of aromatic amines is 1. The van der Waals surface area contributed by atoms with Crippen LogP contribution in [0.4, 0.5) is 4.39 Å². The smallest absolute Gasteiger partial charge is 0.346 e. The van der Waals surface area contributed by atoms with Gasteiger partial charge in [0.2, 0.25) is 0 Å². The molecular formula is C16H12FN3O2. The number of nitrogens with one attached hydrogen (secondary N) is 2. The van der Waals surface area contributed by atoms with E-state index in [9.17, 15) is 14.0 Å². The van der Waals surface area contributed by atoms with Crippen LogP contribution in [0.25, 0.3) is 10.9 Å². The van der Waals surface area contributed by atoms with Crippen LogP contribution in [0.2, 0.25) is 0 Å². The molecule has 0 atom stereocenters. The zero-order chi connectivity index (χ0) is 15.5. The van der Waals surface area contributed by atoms with Gasteiger partial charge >= 0.3 is 5.69 Å². The van der Waals surface area contributed by atoms with E-state index in [4.69, 9.17) is 0 Å². The minimum absolute atomic E-state index is 0.0708. The van der Waals surface area contributed by atoms with E-state index in [2.05, 4.69) is 15.3 Å². The number of rotatable bonds is 3. The Labute approximate surface area is 124 Å². The van der Waals surface area contributed by atoms with E-state index in [1.165, 1.54) is 12.1 Å². The Kier molecular flexibility index (Phi) is 3.65. The Morgan fingerprint density at radius 3 is 2.64 bits per heavy atom. The first-order chi connectivity index (χ1) is 10.6. The second-order valence-electron chi connectivity index (χ2n) is 4.75. The van der Waals surface area contributed by atoms with E-state index in [-0.39, 0.29) is 18.1 Å². The molecule has 1 aromatic heterocycles. The molecule has 0 fully saturated rings. The highest BCUT2D eigenvalue weighted by molar-refractivity contribution is 6.04. The molecule has 2 aromatic carbocycles. The number of fused-ring (bicyclic) bond motifs is 1. The summed E-state index contributed by atoms with van der Waals surface area (Å²) in [4.78, 5) is 30.1. The van der Waals surface area contributed by atoms with Gasteiger partial charge in [0, 0.05) is 11.9 Å². The molecular weight excluding hydrogens is 285 g/mol. The number of hydrogen-bond donors (Lipinski definition) is 2. The fourth-order valence-electron chi connectivity index (χ4n) is 2.14. The number of H-pyrrole nitrogens is 1. The highest BCUT2D eigenvalue weighted by Crippen LogP contribution is 2.12. The molecule has 3 aromatic rings. The summed E-state index contributed by atoms with van der Waals surface area (Å²) in [6.07, 6.45) is 0. The Bertz CT molecular complexity index is 888. The van der Waals surface area contributed by atoms with Crippen molar-refractivity contribution < 1.29 is 9.18 Å². The molecule has 0 aliphatic rings. The lowest BCUT2D eigenvalue weighted by atomic mass is 10.1. The molecule has 0 unspecified atom stereocenters. The number of para-hydroxylation sites is 1. The third kappa shape index (κ3) is 2.85. The van der Waals surface area contributed by atoms with Gasteiger partial charge in [0.1, 0.15) is 11.5 Å². The quantitative estimate of drug-likeness (QED) is 0.776. The van der Waals surface area contributed by atoms with Crippen molar-refractivity contribution in [1.82, 2.24) is 15.3 Å². The van der Waals surface area contributed by atoms with Crippen LogP contribution in [0.5, 0.6) is 0 Å². The third-order valence-electron chi connectivity index (χ3n) is 3.22. The van der Waals surface area contributed by atoms with Gasteiger partial charge in [-0.25, -0.2) is 9.18 Å². The third-order valence-corrected chi connectivity index (χ3v) is 3.22. The van der Waals surface area contributed by atoms with Gasteiger partial charge in [-0.3, -0.25) is 4.79 Å². The van der Waals surface area contributed by atoms with Crippen molar-refractivity contribution in [3.8, 4) is 0 Å². The molecule has 0 saturated heterocycles. The van der Waals surface area contributed by atoms with Crippen molar-refractivity contribution in [1.29, 1.82) is 0 Å². The Morgan fingerprint density at radius 2 is 1.86 bits per heavy atom. The number of hydrogen-bond acceptors (Lipinski definition) is 3. The van der Waals surface area contributed by atoms with Crippen LogP contribution in [0, 0.1) is 5.82 Å². The van der Waals surface area contributed by atoms with E-state index in [0.29, 0.717) is 10.9 Å². The van der Waals surface area contributed by atoms with Gasteiger partial charge in [-0.2, -0.15) is 4.98 Å². The molecule has 0 aliphatic heterocycles. The largest absolute Gasteiger partial charge is 0.347 e. The van der Waals surface area contributed by atoms with Gasteiger partial charge < -0.3 is 10.3 Å². The molecule has 22 heavy (non-hydrogen) atoms. The number of carbonyl (C=O) groups excluding carboxylic acids is 1. The summed E-state index contributed by atoms with van der Waals surface area (Å²) in [5, 5.41) is 3.25. The predicted molar refractivity (Wildman–Crippen MR) is 79.9 cm³/mol. The molecule has 110 valence electrons. The number of carbonyl (C=O) groups is 1. The first kappa shape index (κ1) is 13.9. The minimum atomic E-state index is -0.578. The van der Waals surface area contributed by atoms with Crippen molar-refractivity contribution in [2.45, 2.75) is 6.54 Å². The molecule has 0 aliphatic carbocycles. The molecule has 2 N–H and O–H groups in total. The molecule has 0 spiro atoms. The fraction of sp³-hybridized carbons (Fsp3) is 0.0625. The monoisotopic (exact) mass is 297 g/mol. The van der Waals surface area contributed by atoms with E-state index >= 15 is 0 Å². The van der Waals surface area contributed by atoms with E-state index in [1.807, 2.05) is 0 Å². The lowest BCUT2D eigenvalue weighted by molar-refractivity contribution is 0.0947. The van der Waals surface area contributed by atoms with Crippen LogP contribution < -0.4 is 11.0 Å². The maximum absolute atomic E-state index is 12.8. The van der Waals surface area contributed by atoms with Crippen molar-refractivity contribution in [2.75, 3.05) is 0 Å². The van der Waals surface area contributed by atoms with Gasteiger partial charge in [-0.1, -0.05) is 30.3 Å². The van der Waals surface area contributed by atoms with Crippen LogP contribution in [0.1, 0.15) is 16.1 Å². The number of amides is 1. The van der Waals surface area contributed by atoms with Crippen molar-refractivity contribution in [2.24, 2.45) is 0 Å². The average Bonchev–Trinajstić information content (AvgIpc) is 2.53. The summed E-state index contributed by atoms with van der Waals surface area (Å²) in [7, 11) is 0. The van der Waals surface area contributed by atoms with Crippen LogP contribution in [0.15, 0.2) is 53.3 Å². The van der Waals surface area contributed by atoms with E-state index < -0.39 is 11.6 Å². The highest BCUT2D eigenvalue weighted by atomic mass is 19.1. The average molecular weight is 297 g/mol. The van der Waals surface area contributed by atoms with Gasteiger partial charge in [-0.05, 0) is 23.8 Å². The zero-order valence-corrected chi connectivity index (χ0v) is 11.5. The van der Waals surface area contributed by atoms with Crippen molar-refractivity contribution >= 4 is 16.8 Å². The Morgan fingerprint density at radius 1 is 1.14 bits per heavy atom. The maximum Gasteiger partial charge on any atom is 0.346 e. The molecule has 0 saturated carbocycles. The van der Waals surface area contributed by atoms with Crippen LogP contribution in [0.3, 0.4) is 0 Å². The summed E-state index contributed by atoms with van der Waals surface area (Å²) in [5.41, 5.74) is 0.797. The topological polar surface area (TPSA) is 74.8 Å². The van der Waals surface area contributed by atoms with Gasteiger partial charge in [0.15, 0.2) is 0 Å². The lowest BCUT2D eigenvalue weighted by Crippen LogP contribution is -2.27. The number of benzene rings is 2. The minimum Gasteiger partial charge on any atom is -0.347 e. The molecule has 1 heterocycles. The van der Waals surface area contributed by atoms with Crippen LogP contribution in [-0.4, -0.2) is 15.9 Å². The standard InChI is InChI=1S/C16H12FN3O2/c17-11-7-5-10(6-8-11)9-18-15(21)14-12-3-1-2-4-13(12)19-16(22)20-14/h1-8H,9H2,(H,18,21)(H,19,20,22). The van der Waals surface area contributed by atoms with Crippen LogP contribution in [-0.2, 0) is 6.54 Å². The summed E-state index contributed by atoms with van der Waals surface area (Å²) in [6.45, 7) is 0.224. The first-order valence-electron chi connectivity index (χ1n) is 6.65. The second kappa shape index (κ2) is 5.77. The number of aromatic nitrogens is 2. The zero-order valence-electron chi connectivity index (χ0n) is 11.5. The van der Waals surface area contributed by atoms with Gasteiger partial charge in [-0.15, -0.1) is 0 Å². The normalized spacial score (nSPS) is 10.6. The SMILES string of the molecule is O=C(NCc1ccc(F)cc1)c1nc(=O)[nH]c2ccccc12. The van der Waals surface area contributed by atoms with Gasteiger partial charge in [0.25, 0.3) is 5.91 Å². The second-order valence-corrected chi connectivity index (χ2v) is 4.75. The van der Waals surface area contributed by atoms with Crippen molar-refractivity contribution in [3.63, 3.8) is 0 Å². The summed E-state index contributed by atoms with van der Waals surface area (Å²) >= 11 is 0. The molecule has 0 radical (unpaired) electrons. The number of nitrogens with zero attached hydrogens (tertiary/aromatic N) is 1. The Hall–Kier alpha value is -3.02. The maximum atomic E-state index is 12.8. The molecule has 3 rings (SSSR count). The summed E-state index contributed by atoms with van der Waals surface area (Å²) < 4.78 is 12.8. The highest BCUT2D eigenvalue weighted by Gasteiger charge is 2.13. The van der Waals surface area contributed by atoms with Crippen molar-refractivity contribution in [3.05, 3.63) is 76.1 Å².